The van der Waals surface area contributed by atoms with E-state index in [2.05, 4.69) is 5.10 Å². The van der Waals surface area contributed by atoms with Crippen molar-refractivity contribution in [2.75, 3.05) is 12.8 Å². The van der Waals surface area contributed by atoms with Crippen molar-refractivity contribution in [2.24, 2.45) is 0 Å². The Kier molecular flexibility index (Phi) is 2.91. The minimum atomic E-state index is -0.129. The van der Waals surface area contributed by atoms with Gasteiger partial charge in [-0.2, -0.15) is 0 Å². The molecule has 1 heterocycles. The highest BCUT2D eigenvalue weighted by molar-refractivity contribution is 5.36. The summed E-state index contributed by atoms with van der Waals surface area (Å²) >= 11 is 0. The Balaban J connectivity index is 2.28. The summed E-state index contributed by atoms with van der Waals surface area (Å²) in [5.74, 6) is 1.22. The van der Waals surface area contributed by atoms with E-state index in [4.69, 9.17) is 10.5 Å². The zero-order chi connectivity index (χ0) is 12.4. The molecular weight excluding hydrogens is 218 g/mol. The van der Waals surface area contributed by atoms with Crippen LogP contribution < -0.4 is 16.0 Å². The summed E-state index contributed by atoms with van der Waals surface area (Å²) < 4.78 is 6.65. The maximum atomic E-state index is 11.5. The number of ether oxygens (including phenoxy) is 1. The summed E-state index contributed by atoms with van der Waals surface area (Å²) in [5, 5.41) is 2.79. The molecule has 0 fully saturated rings. The Labute approximate surface area is 98.8 Å². The molecule has 0 spiro atoms. The SMILES string of the molecule is COc1ccc(Cn2[nH]c(N)cc2=O)cc1C. The summed E-state index contributed by atoms with van der Waals surface area (Å²) in [7, 11) is 1.64. The van der Waals surface area contributed by atoms with Crippen LogP contribution in [0, 0.1) is 6.92 Å². The molecule has 2 aromatic rings. The number of nitrogens with two attached hydrogens (primary N) is 1. The maximum Gasteiger partial charge on any atom is 0.268 e. The zero-order valence-corrected chi connectivity index (χ0v) is 9.86. The first-order chi connectivity index (χ1) is 8.10. The number of anilines is 1. The van der Waals surface area contributed by atoms with E-state index in [0.717, 1.165) is 16.9 Å². The van der Waals surface area contributed by atoms with Crippen LogP contribution >= 0.6 is 0 Å². The molecule has 0 amide bonds. The molecule has 0 saturated carbocycles. The molecule has 0 saturated heterocycles. The van der Waals surface area contributed by atoms with Crippen LogP contribution in [-0.4, -0.2) is 16.9 Å². The second-order valence-electron chi connectivity index (χ2n) is 3.94. The highest BCUT2D eigenvalue weighted by atomic mass is 16.5. The highest BCUT2D eigenvalue weighted by Gasteiger charge is 2.03. The van der Waals surface area contributed by atoms with E-state index >= 15 is 0 Å². The Hall–Kier alpha value is -2.17. The maximum absolute atomic E-state index is 11.5. The fourth-order valence-electron chi connectivity index (χ4n) is 1.79. The van der Waals surface area contributed by atoms with Crippen molar-refractivity contribution in [2.45, 2.75) is 13.5 Å². The van der Waals surface area contributed by atoms with E-state index in [1.165, 1.54) is 10.7 Å². The molecule has 3 N–H and O–H groups in total. The van der Waals surface area contributed by atoms with Crippen LogP contribution in [0.25, 0.3) is 0 Å². The summed E-state index contributed by atoms with van der Waals surface area (Å²) in [5.41, 5.74) is 7.44. The number of H-pyrrole nitrogens is 1. The molecule has 0 unspecified atom stereocenters. The van der Waals surface area contributed by atoms with Gasteiger partial charge in [0.25, 0.3) is 5.56 Å². The fourth-order valence-corrected chi connectivity index (χ4v) is 1.79. The van der Waals surface area contributed by atoms with Gasteiger partial charge in [-0.1, -0.05) is 12.1 Å². The van der Waals surface area contributed by atoms with Crippen LogP contribution in [-0.2, 0) is 6.54 Å². The number of rotatable bonds is 3. The zero-order valence-electron chi connectivity index (χ0n) is 9.86. The lowest BCUT2D eigenvalue weighted by atomic mass is 10.1. The Morgan fingerprint density at radius 1 is 1.41 bits per heavy atom. The van der Waals surface area contributed by atoms with Crippen molar-refractivity contribution < 1.29 is 4.74 Å². The van der Waals surface area contributed by atoms with Gasteiger partial charge in [0.15, 0.2) is 0 Å². The first kappa shape index (κ1) is 11.3. The monoisotopic (exact) mass is 233 g/mol. The Bertz CT molecular complexity index is 584. The second kappa shape index (κ2) is 4.37. The predicted octanol–water partition coefficient (Wildman–Crippen LogP) is 1.12. The van der Waals surface area contributed by atoms with Crippen molar-refractivity contribution in [1.29, 1.82) is 0 Å². The Morgan fingerprint density at radius 3 is 2.71 bits per heavy atom. The summed E-state index contributed by atoms with van der Waals surface area (Å²) in [6.07, 6.45) is 0. The normalized spacial score (nSPS) is 10.5. The average molecular weight is 233 g/mol. The van der Waals surface area contributed by atoms with Crippen molar-refractivity contribution >= 4 is 5.82 Å². The molecule has 0 aliphatic heterocycles. The molecule has 2 rings (SSSR count). The van der Waals surface area contributed by atoms with E-state index in [9.17, 15) is 4.79 Å². The lowest BCUT2D eigenvalue weighted by Gasteiger charge is -2.07. The molecule has 1 aromatic carbocycles. The van der Waals surface area contributed by atoms with Crippen molar-refractivity contribution in [3.63, 3.8) is 0 Å². The number of nitrogen functional groups attached to an aromatic ring is 1. The van der Waals surface area contributed by atoms with Gasteiger partial charge < -0.3 is 10.5 Å². The third kappa shape index (κ3) is 2.33. The average Bonchev–Trinajstić information content (AvgIpc) is 2.58. The molecule has 5 heteroatoms. The molecule has 17 heavy (non-hydrogen) atoms. The van der Waals surface area contributed by atoms with Gasteiger partial charge in [0.1, 0.15) is 11.6 Å². The molecule has 90 valence electrons. The predicted molar refractivity (Wildman–Crippen MR) is 66.3 cm³/mol. The van der Waals surface area contributed by atoms with Gasteiger partial charge in [0.05, 0.1) is 13.7 Å². The number of methoxy groups -OCH3 is 1. The third-order valence-corrected chi connectivity index (χ3v) is 2.61. The van der Waals surface area contributed by atoms with Gasteiger partial charge in [-0.15, -0.1) is 0 Å². The number of nitrogens with one attached hydrogen (secondary N) is 1. The number of hydrogen-bond acceptors (Lipinski definition) is 3. The van der Waals surface area contributed by atoms with E-state index in [0.29, 0.717) is 12.4 Å². The Morgan fingerprint density at radius 2 is 2.18 bits per heavy atom. The quantitative estimate of drug-likeness (QED) is 0.834. The van der Waals surface area contributed by atoms with Crippen LogP contribution in [0.1, 0.15) is 11.1 Å². The number of aromatic amines is 1. The minimum absolute atomic E-state index is 0.129. The lowest BCUT2D eigenvalue weighted by Crippen LogP contribution is -2.16. The molecular formula is C12H15N3O2. The number of aryl methyl sites for hydroxylation is 1. The van der Waals surface area contributed by atoms with Gasteiger partial charge in [-0.05, 0) is 24.1 Å². The molecule has 0 radical (unpaired) electrons. The standard InChI is InChI=1S/C12H15N3O2/c1-8-5-9(3-4-10(8)17-2)7-15-12(16)6-11(13)14-15/h3-6,14H,7,13H2,1-2H3. The topological polar surface area (TPSA) is 73.0 Å². The number of aromatic nitrogens is 2. The largest absolute Gasteiger partial charge is 0.496 e. The van der Waals surface area contributed by atoms with Gasteiger partial charge >= 0.3 is 0 Å². The first-order valence-corrected chi connectivity index (χ1v) is 5.29. The molecule has 1 aromatic heterocycles. The highest BCUT2D eigenvalue weighted by Crippen LogP contribution is 2.18. The van der Waals surface area contributed by atoms with Gasteiger partial charge in [-0.3, -0.25) is 9.89 Å². The van der Waals surface area contributed by atoms with E-state index in [1.807, 2.05) is 25.1 Å². The number of benzene rings is 1. The van der Waals surface area contributed by atoms with Crippen molar-refractivity contribution in [1.82, 2.24) is 9.78 Å². The number of nitrogens with zero attached hydrogens (tertiary/aromatic N) is 1. The van der Waals surface area contributed by atoms with Crippen LogP contribution in [0.2, 0.25) is 0 Å². The van der Waals surface area contributed by atoms with Crippen LogP contribution in [0.15, 0.2) is 29.1 Å². The third-order valence-electron chi connectivity index (χ3n) is 2.61. The fraction of sp³-hybridized carbons (Fsp3) is 0.250. The van der Waals surface area contributed by atoms with Crippen LogP contribution in [0.3, 0.4) is 0 Å². The summed E-state index contributed by atoms with van der Waals surface area (Å²) in [6.45, 7) is 2.44. The molecule has 5 nitrogen and oxygen atoms in total. The van der Waals surface area contributed by atoms with Gasteiger partial charge in [0.2, 0.25) is 0 Å². The minimum Gasteiger partial charge on any atom is -0.496 e. The van der Waals surface area contributed by atoms with E-state index in [-0.39, 0.29) is 5.56 Å². The number of hydrogen-bond donors (Lipinski definition) is 2. The first-order valence-electron chi connectivity index (χ1n) is 5.29. The molecule has 0 bridgehead atoms. The van der Waals surface area contributed by atoms with Crippen LogP contribution in [0.5, 0.6) is 5.75 Å². The van der Waals surface area contributed by atoms with Crippen molar-refractivity contribution in [3.05, 3.63) is 45.7 Å². The second-order valence-corrected chi connectivity index (χ2v) is 3.94. The van der Waals surface area contributed by atoms with Crippen molar-refractivity contribution in [3.8, 4) is 5.75 Å². The van der Waals surface area contributed by atoms with E-state index in [1.54, 1.807) is 7.11 Å². The molecule has 0 aliphatic carbocycles. The summed E-state index contributed by atoms with van der Waals surface area (Å²) in [4.78, 5) is 11.5. The smallest absolute Gasteiger partial charge is 0.268 e. The molecule has 0 atom stereocenters. The van der Waals surface area contributed by atoms with E-state index < -0.39 is 0 Å². The van der Waals surface area contributed by atoms with Crippen LogP contribution in [0.4, 0.5) is 5.82 Å². The molecule has 0 aliphatic rings. The summed E-state index contributed by atoms with van der Waals surface area (Å²) in [6, 6.07) is 7.18. The van der Waals surface area contributed by atoms with Gasteiger partial charge in [-0.25, -0.2) is 4.68 Å². The lowest BCUT2D eigenvalue weighted by molar-refractivity contribution is 0.411. The van der Waals surface area contributed by atoms with Gasteiger partial charge in [0, 0.05) is 6.07 Å².